The van der Waals surface area contributed by atoms with Gasteiger partial charge in [0.15, 0.2) is 0 Å². The Morgan fingerprint density at radius 2 is 2.00 bits per heavy atom. The number of hydrogen-bond acceptors (Lipinski definition) is 2. The van der Waals surface area contributed by atoms with E-state index in [-0.39, 0.29) is 12.1 Å². The van der Waals surface area contributed by atoms with Crippen LogP contribution in [-0.4, -0.2) is 13.7 Å². The van der Waals surface area contributed by atoms with Gasteiger partial charge in [0.25, 0.3) is 0 Å². The van der Waals surface area contributed by atoms with Crippen LogP contribution in [0.2, 0.25) is 0 Å². The van der Waals surface area contributed by atoms with Crippen LogP contribution in [0.3, 0.4) is 0 Å². The lowest BCUT2D eigenvalue weighted by molar-refractivity contribution is -0.137. The normalized spacial score (nSPS) is 24.5. The maximum atomic E-state index is 12.6. The Balaban J connectivity index is 2.48. The van der Waals surface area contributed by atoms with Gasteiger partial charge in [0, 0.05) is 0 Å². The summed E-state index contributed by atoms with van der Waals surface area (Å²) in [5, 5.41) is 2.97. The number of rotatable bonds is 1. The van der Waals surface area contributed by atoms with Crippen molar-refractivity contribution in [2.45, 2.75) is 25.2 Å². The smallest absolute Gasteiger partial charge is 0.372 e. The van der Waals surface area contributed by atoms with E-state index in [4.69, 9.17) is 4.74 Å². The largest absolute Gasteiger partial charge is 0.416 e. The van der Waals surface area contributed by atoms with E-state index in [1.54, 1.807) is 7.05 Å². The van der Waals surface area contributed by atoms with E-state index in [0.717, 1.165) is 11.6 Å². The topological polar surface area (TPSA) is 21.3 Å². The van der Waals surface area contributed by atoms with Crippen molar-refractivity contribution in [2.24, 2.45) is 0 Å². The molecule has 2 atom stereocenters. The zero-order valence-corrected chi connectivity index (χ0v) is 9.64. The van der Waals surface area contributed by atoms with Crippen LogP contribution in [0, 0.1) is 0 Å². The van der Waals surface area contributed by atoms with Crippen LogP contribution in [0.1, 0.15) is 35.8 Å². The van der Waals surface area contributed by atoms with Gasteiger partial charge in [-0.3, -0.25) is 0 Å². The number of alkyl halides is 3. The second kappa shape index (κ2) is 4.31. The lowest BCUT2D eigenvalue weighted by Crippen LogP contribution is -2.29. The Bertz CT molecular complexity index is 417. The Labute approximate surface area is 97.8 Å². The van der Waals surface area contributed by atoms with E-state index >= 15 is 0 Å². The maximum absolute atomic E-state index is 12.6. The molecule has 0 amide bonds. The minimum atomic E-state index is -4.30. The summed E-state index contributed by atoms with van der Waals surface area (Å²) < 4.78 is 43.4. The summed E-state index contributed by atoms with van der Waals surface area (Å²) >= 11 is 0. The van der Waals surface area contributed by atoms with Gasteiger partial charge in [-0.2, -0.15) is 13.2 Å². The van der Waals surface area contributed by atoms with Crippen molar-refractivity contribution < 1.29 is 17.9 Å². The third-order valence-corrected chi connectivity index (χ3v) is 3.09. The molecule has 0 bridgehead atoms. The van der Waals surface area contributed by atoms with E-state index in [2.05, 4.69) is 5.32 Å². The van der Waals surface area contributed by atoms with Gasteiger partial charge in [-0.25, -0.2) is 0 Å². The second-order valence-electron chi connectivity index (χ2n) is 4.16. The number of halogens is 3. The van der Waals surface area contributed by atoms with E-state index in [0.29, 0.717) is 12.2 Å². The fraction of sp³-hybridized carbons (Fsp3) is 0.500. The highest BCUT2D eigenvalue weighted by Gasteiger charge is 2.33. The highest BCUT2D eigenvalue weighted by Crippen LogP contribution is 2.37. The third kappa shape index (κ3) is 2.30. The summed E-state index contributed by atoms with van der Waals surface area (Å²) in [5.74, 6) is 0. The average molecular weight is 245 g/mol. The van der Waals surface area contributed by atoms with E-state index in [1.807, 2.05) is 6.92 Å². The summed E-state index contributed by atoms with van der Waals surface area (Å²) in [5.41, 5.74) is 0.898. The van der Waals surface area contributed by atoms with E-state index < -0.39 is 11.7 Å². The lowest BCUT2D eigenvalue weighted by atomic mass is 9.93. The first-order valence-electron chi connectivity index (χ1n) is 5.43. The molecule has 0 aromatic heterocycles. The van der Waals surface area contributed by atoms with Crippen LogP contribution in [0.5, 0.6) is 0 Å². The molecular formula is C12H14F3NO. The van der Waals surface area contributed by atoms with Crippen molar-refractivity contribution in [3.8, 4) is 0 Å². The number of benzene rings is 1. The highest BCUT2D eigenvalue weighted by molar-refractivity contribution is 5.38. The molecular weight excluding hydrogens is 231 g/mol. The highest BCUT2D eigenvalue weighted by atomic mass is 19.4. The zero-order valence-electron chi connectivity index (χ0n) is 9.64. The predicted octanol–water partition coefficient (Wildman–Crippen LogP) is 3.06. The molecule has 1 aromatic rings. The zero-order chi connectivity index (χ0) is 12.6. The van der Waals surface area contributed by atoms with E-state index in [1.165, 1.54) is 12.1 Å². The molecule has 1 aliphatic heterocycles. The van der Waals surface area contributed by atoms with E-state index in [9.17, 15) is 13.2 Å². The molecule has 2 rings (SSSR count). The number of fused-ring (bicyclic) bond motifs is 1. The summed E-state index contributed by atoms with van der Waals surface area (Å²) in [6, 6.07) is 3.65. The molecule has 0 radical (unpaired) electrons. The second-order valence-corrected chi connectivity index (χ2v) is 4.16. The number of nitrogens with one attached hydrogen (secondary N) is 1. The minimum Gasteiger partial charge on any atom is -0.372 e. The summed E-state index contributed by atoms with van der Waals surface area (Å²) in [6.07, 6.45) is -4.45. The van der Waals surface area contributed by atoms with Crippen LogP contribution in [0.15, 0.2) is 18.2 Å². The Kier molecular flexibility index (Phi) is 3.14. The van der Waals surface area contributed by atoms with Crippen LogP contribution in [0.25, 0.3) is 0 Å². The predicted molar refractivity (Wildman–Crippen MR) is 57.6 cm³/mol. The third-order valence-electron chi connectivity index (χ3n) is 3.09. The molecule has 0 saturated heterocycles. The van der Waals surface area contributed by atoms with Crippen LogP contribution < -0.4 is 5.32 Å². The fourth-order valence-corrected chi connectivity index (χ4v) is 2.08. The van der Waals surface area contributed by atoms with Gasteiger partial charge in [-0.1, -0.05) is 6.07 Å². The molecule has 0 spiro atoms. The van der Waals surface area contributed by atoms with Crippen molar-refractivity contribution in [1.29, 1.82) is 0 Å². The Morgan fingerprint density at radius 1 is 1.29 bits per heavy atom. The van der Waals surface area contributed by atoms with Gasteiger partial charge in [0.2, 0.25) is 0 Å². The standard InChI is InChI=1S/C12H14F3NO/c1-7-9-4-3-8(12(13,14)15)5-10(9)11(16-2)6-17-7/h3-5,7,11,16H,6H2,1-2H3/t7?,11-/m1/s1. The molecule has 1 N–H and O–H groups in total. The van der Waals surface area contributed by atoms with Crippen LogP contribution >= 0.6 is 0 Å². The van der Waals surface area contributed by atoms with Gasteiger partial charge in [-0.05, 0) is 37.2 Å². The molecule has 5 heteroatoms. The van der Waals surface area contributed by atoms with Gasteiger partial charge in [-0.15, -0.1) is 0 Å². The van der Waals surface area contributed by atoms with Crippen LogP contribution in [-0.2, 0) is 10.9 Å². The quantitative estimate of drug-likeness (QED) is 0.821. The molecule has 0 saturated carbocycles. The van der Waals surface area contributed by atoms with Gasteiger partial charge >= 0.3 is 6.18 Å². The first kappa shape index (κ1) is 12.4. The lowest BCUT2D eigenvalue weighted by Gasteiger charge is -2.30. The molecule has 17 heavy (non-hydrogen) atoms. The number of likely N-dealkylation sites (N-methyl/N-ethyl adjacent to an activating group) is 1. The average Bonchev–Trinajstić information content (AvgIpc) is 2.28. The van der Waals surface area contributed by atoms with Crippen molar-refractivity contribution in [1.82, 2.24) is 5.32 Å². The molecule has 0 fully saturated rings. The van der Waals surface area contributed by atoms with Crippen molar-refractivity contribution in [2.75, 3.05) is 13.7 Å². The monoisotopic (exact) mass is 245 g/mol. The number of ether oxygens (including phenoxy) is 1. The molecule has 1 aromatic carbocycles. The van der Waals surface area contributed by atoms with Crippen LogP contribution in [0.4, 0.5) is 13.2 Å². The molecule has 1 heterocycles. The Morgan fingerprint density at radius 3 is 2.59 bits per heavy atom. The van der Waals surface area contributed by atoms with Crippen molar-refractivity contribution >= 4 is 0 Å². The van der Waals surface area contributed by atoms with Gasteiger partial charge in [0.1, 0.15) is 0 Å². The summed E-state index contributed by atoms with van der Waals surface area (Å²) in [7, 11) is 1.72. The SMILES string of the molecule is CN[C@@H]1COC(C)c2ccc(C(F)(F)F)cc21. The molecule has 1 aliphatic rings. The maximum Gasteiger partial charge on any atom is 0.416 e. The van der Waals surface area contributed by atoms with Gasteiger partial charge in [0.05, 0.1) is 24.3 Å². The Hall–Kier alpha value is -1.07. The number of hydrogen-bond donors (Lipinski definition) is 1. The van der Waals surface area contributed by atoms with Crippen molar-refractivity contribution in [3.05, 3.63) is 34.9 Å². The molecule has 1 unspecified atom stereocenters. The first-order valence-corrected chi connectivity index (χ1v) is 5.43. The minimum absolute atomic E-state index is 0.156. The molecule has 0 aliphatic carbocycles. The summed E-state index contributed by atoms with van der Waals surface area (Å²) in [6.45, 7) is 2.24. The molecule has 94 valence electrons. The summed E-state index contributed by atoms with van der Waals surface area (Å²) in [4.78, 5) is 0. The first-order chi connectivity index (χ1) is 7.93. The fourth-order valence-electron chi connectivity index (χ4n) is 2.08. The molecule has 2 nitrogen and oxygen atoms in total. The van der Waals surface area contributed by atoms with Gasteiger partial charge < -0.3 is 10.1 Å². The van der Waals surface area contributed by atoms with Crippen molar-refractivity contribution in [3.63, 3.8) is 0 Å².